The first-order valence-electron chi connectivity index (χ1n) is 7.57. The van der Waals surface area contributed by atoms with Crippen LogP contribution >= 0.6 is 0 Å². The van der Waals surface area contributed by atoms with E-state index in [1.165, 1.54) is 6.07 Å². The van der Waals surface area contributed by atoms with E-state index in [0.29, 0.717) is 6.54 Å². The summed E-state index contributed by atoms with van der Waals surface area (Å²) in [5, 5.41) is 9.60. The highest BCUT2D eigenvalue weighted by molar-refractivity contribution is 5.74. The fraction of sp³-hybridized carbons (Fsp3) is 0.588. The van der Waals surface area contributed by atoms with Crippen LogP contribution in [0.4, 0.5) is 4.39 Å². The van der Waals surface area contributed by atoms with Crippen LogP contribution in [-0.4, -0.2) is 35.1 Å². The van der Waals surface area contributed by atoms with Crippen molar-refractivity contribution in [3.63, 3.8) is 0 Å². The lowest BCUT2D eigenvalue weighted by atomic mass is 9.81. The molecule has 1 aromatic carbocycles. The lowest BCUT2D eigenvalue weighted by Crippen LogP contribution is -2.49. The first-order chi connectivity index (χ1) is 9.85. The molecule has 0 aromatic heterocycles. The third-order valence-corrected chi connectivity index (χ3v) is 4.79. The molecular formula is C17H24FNO2. The van der Waals surface area contributed by atoms with Crippen LogP contribution in [0.25, 0.3) is 0 Å². The zero-order valence-electron chi connectivity index (χ0n) is 13.0. The van der Waals surface area contributed by atoms with Crippen LogP contribution in [0.1, 0.15) is 45.1 Å². The highest BCUT2D eigenvalue weighted by Gasteiger charge is 2.41. The summed E-state index contributed by atoms with van der Waals surface area (Å²) < 4.78 is 13.3. The van der Waals surface area contributed by atoms with E-state index in [4.69, 9.17) is 0 Å². The van der Waals surface area contributed by atoms with Gasteiger partial charge in [-0.1, -0.05) is 32.9 Å². The first-order valence-corrected chi connectivity index (χ1v) is 7.57. The molecule has 1 aliphatic rings. The van der Waals surface area contributed by atoms with Crippen molar-refractivity contribution in [2.75, 3.05) is 13.1 Å². The van der Waals surface area contributed by atoms with Crippen molar-refractivity contribution in [1.29, 1.82) is 0 Å². The van der Waals surface area contributed by atoms with E-state index in [9.17, 15) is 14.3 Å². The summed E-state index contributed by atoms with van der Waals surface area (Å²) >= 11 is 0. The normalized spacial score (nSPS) is 21.4. The Labute approximate surface area is 125 Å². The molecule has 2 rings (SSSR count). The van der Waals surface area contributed by atoms with Crippen LogP contribution in [0.2, 0.25) is 0 Å². The van der Waals surface area contributed by atoms with Crippen molar-refractivity contribution in [2.45, 2.75) is 45.6 Å². The van der Waals surface area contributed by atoms with Crippen molar-refractivity contribution in [1.82, 2.24) is 4.90 Å². The third kappa shape index (κ3) is 3.43. The molecule has 21 heavy (non-hydrogen) atoms. The molecule has 1 saturated heterocycles. The Morgan fingerprint density at radius 3 is 2.81 bits per heavy atom. The highest BCUT2D eigenvalue weighted by atomic mass is 19.1. The molecule has 2 unspecified atom stereocenters. The SMILES string of the molecule is CCC(C)(C)C(C(=O)O)N1CCC(c2cccc(F)c2)C1. The average molecular weight is 293 g/mol. The van der Waals surface area contributed by atoms with Gasteiger partial charge in [-0.2, -0.15) is 0 Å². The van der Waals surface area contributed by atoms with Crippen LogP contribution in [0, 0.1) is 11.2 Å². The second-order valence-electron chi connectivity index (χ2n) is 6.62. The zero-order valence-corrected chi connectivity index (χ0v) is 13.0. The Hall–Kier alpha value is -1.42. The summed E-state index contributed by atoms with van der Waals surface area (Å²) in [6.45, 7) is 7.46. The molecule has 0 radical (unpaired) electrons. The number of aliphatic carboxylic acids is 1. The van der Waals surface area contributed by atoms with Crippen molar-refractivity contribution >= 4 is 5.97 Å². The van der Waals surface area contributed by atoms with Crippen LogP contribution in [0.15, 0.2) is 24.3 Å². The standard InChI is InChI=1S/C17H24FNO2/c1-4-17(2,3)15(16(20)21)19-9-8-13(11-19)12-6-5-7-14(18)10-12/h5-7,10,13,15H,4,8-9,11H2,1-3H3,(H,20,21). The van der Waals surface area contributed by atoms with E-state index in [1.54, 1.807) is 12.1 Å². The van der Waals surface area contributed by atoms with Gasteiger partial charge < -0.3 is 5.11 Å². The quantitative estimate of drug-likeness (QED) is 0.903. The lowest BCUT2D eigenvalue weighted by Gasteiger charge is -2.37. The van der Waals surface area contributed by atoms with Crippen LogP contribution in [0.5, 0.6) is 0 Å². The molecule has 1 aromatic rings. The largest absolute Gasteiger partial charge is 0.480 e. The Kier molecular flexibility index (Phi) is 4.67. The first kappa shape index (κ1) is 16.0. The third-order valence-electron chi connectivity index (χ3n) is 4.79. The molecule has 1 N–H and O–H groups in total. The maximum Gasteiger partial charge on any atom is 0.321 e. The molecular weight excluding hydrogens is 269 g/mol. The van der Waals surface area contributed by atoms with Crippen LogP contribution in [-0.2, 0) is 4.79 Å². The summed E-state index contributed by atoms with van der Waals surface area (Å²) in [5.74, 6) is -0.772. The Morgan fingerprint density at radius 2 is 2.24 bits per heavy atom. The Morgan fingerprint density at radius 1 is 1.52 bits per heavy atom. The molecule has 2 atom stereocenters. The summed E-state index contributed by atoms with van der Waals surface area (Å²) in [7, 11) is 0. The number of halogens is 1. The smallest absolute Gasteiger partial charge is 0.321 e. The van der Waals surface area contributed by atoms with Crippen LogP contribution in [0.3, 0.4) is 0 Å². The molecule has 1 aliphatic heterocycles. The number of carboxylic acid groups (broad SMARTS) is 1. The number of hydrogen-bond acceptors (Lipinski definition) is 2. The second-order valence-corrected chi connectivity index (χ2v) is 6.62. The Bertz CT molecular complexity index is 515. The second kappa shape index (κ2) is 6.14. The maximum absolute atomic E-state index is 13.3. The highest BCUT2D eigenvalue weighted by Crippen LogP contribution is 2.35. The number of carboxylic acids is 1. The molecule has 3 nitrogen and oxygen atoms in total. The van der Waals surface area contributed by atoms with Gasteiger partial charge in [-0.25, -0.2) is 4.39 Å². The van der Waals surface area contributed by atoms with E-state index in [1.807, 2.05) is 31.7 Å². The minimum Gasteiger partial charge on any atom is -0.480 e. The van der Waals surface area contributed by atoms with E-state index >= 15 is 0 Å². The molecule has 1 heterocycles. The van der Waals surface area contributed by atoms with Gasteiger partial charge in [0.25, 0.3) is 0 Å². The predicted octanol–water partition coefficient (Wildman–Crippen LogP) is 3.50. The zero-order chi connectivity index (χ0) is 15.6. The molecule has 0 spiro atoms. The van der Waals surface area contributed by atoms with Gasteiger partial charge in [-0.15, -0.1) is 0 Å². The monoisotopic (exact) mass is 293 g/mol. The fourth-order valence-electron chi connectivity index (χ4n) is 3.23. The number of benzene rings is 1. The van der Waals surface area contributed by atoms with Gasteiger partial charge in [0.2, 0.25) is 0 Å². The van der Waals surface area contributed by atoms with Crippen LogP contribution < -0.4 is 0 Å². The summed E-state index contributed by atoms with van der Waals surface area (Å²) in [6.07, 6.45) is 1.69. The topological polar surface area (TPSA) is 40.5 Å². The number of likely N-dealkylation sites (tertiary alicyclic amines) is 1. The van der Waals surface area contributed by atoms with E-state index < -0.39 is 12.0 Å². The summed E-state index contributed by atoms with van der Waals surface area (Å²) in [4.78, 5) is 13.7. The van der Waals surface area contributed by atoms with Gasteiger partial charge in [0.1, 0.15) is 11.9 Å². The molecule has 1 fully saturated rings. The van der Waals surface area contributed by atoms with Crippen molar-refractivity contribution in [3.8, 4) is 0 Å². The number of hydrogen-bond donors (Lipinski definition) is 1. The molecule has 0 amide bonds. The summed E-state index contributed by atoms with van der Waals surface area (Å²) in [5.41, 5.74) is 0.693. The van der Waals surface area contributed by atoms with Gasteiger partial charge in [-0.05, 0) is 48.4 Å². The lowest BCUT2D eigenvalue weighted by molar-refractivity contribution is -0.147. The minimum absolute atomic E-state index is 0.218. The van der Waals surface area contributed by atoms with E-state index in [2.05, 4.69) is 0 Å². The van der Waals surface area contributed by atoms with Gasteiger partial charge in [0.05, 0.1) is 0 Å². The van der Waals surface area contributed by atoms with Crippen molar-refractivity contribution in [3.05, 3.63) is 35.6 Å². The van der Waals surface area contributed by atoms with Crippen molar-refractivity contribution in [2.24, 2.45) is 5.41 Å². The van der Waals surface area contributed by atoms with E-state index in [0.717, 1.165) is 24.9 Å². The average Bonchev–Trinajstić information content (AvgIpc) is 2.87. The van der Waals surface area contributed by atoms with Crippen molar-refractivity contribution < 1.29 is 14.3 Å². The molecule has 0 aliphatic carbocycles. The van der Waals surface area contributed by atoms with Gasteiger partial charge >= 0.3 is 5.97 Å². The minimum atomic E-state index is -0.762. The fourth-order valence-corrected chi connectivity index (χ4v) is 3.23. The van der Waals surface area contributed by atoms with E-state index in [-0.39, 0.29) is 17.2 Å². The maximum atomic E-state index is 13.3. The molecule has 0 saturated carbocycles. The molecule has 0 bridgehead atoms. The van der Waals surface area contributed by atoms with Gasteiger partial charge in [0.15, 0.2) is 0 Å². The van der Waals surface area contributed by atoms with Gasteiger partial charge in [0, 0.05) is 6.54 Å². The van der Waals surface area contributed by atoms with Gasteiger partial charge in [-0.3, -0.25) is 9.69 Å². The molecule has 116 valence electrons. The number of carbonyl (C=O) groups is 1. The summed E-state index contributed by atoms with van der Waals surface area (Å²) in [6, 6.07) is 6.17. The molecule has 4 heteroatoms. The predicted molar refractivity (Wildman–Crippen MR) is 80.8 cm³/mol. The number of nitrogens with zero attached hydrogens (tertiary/aromatic N) is 1. The Balaban J connectivity index is 2.15. The number of rotatable bonds is 5.